The number of rotatable bonds is 10. The second-order valence-electron chi connectivity index (χ2n) is 9.27. The molecule has 35 heavy (non-hydrogen) atoms. The Morgan fingerprint density at radius 3 is 2.06 bits per heavy atom. The molecule has 2 aliphatic rings. The van der Waals surface area contributed by atoms with Crippen molar-refractivity contribution in [2.24, 2.45) is 5.92 Å². The molecule has 0 aliphatic heterocycles. The van der Waals surface area contributed by atoms with E-state index in [9.17, 15) is 19.2 Å². The van der Waals surface area contributed by atoms with Gasteiger partial charge in [0.15, 0.2) is 0 Å². The number of aliphatic carboxylic acids is 1. The summed E-state index contributed by atoms with van der Waals surface area (Å²) in [6.45, 7) is 1.13. The van der Waals surface area contributed by atoms with Gasteiger partial charge in [-0.05, 0) is 47.9 Å². The molecule has 0 bridgehead atoms. The molecule has 0 radical (unpaired) electrons. The second kappa shape index (κ2) is 10.2. The summed E-state index contributed by atoms with van der Waals surface area (Å²) in [7, 11) is 0. The Balaban J connectivity index is 1.33. The molecule has 1 unspecified atom stereocenters. The van der Waals surface area contributed by atoms with Crippen molar-refractivity contribution in [3.8, 4) is 11.1 Å². The van der Waals surface area contributed by atoms with Gasteiger partial charge in [0, 0.05) is 12.3 Å². The topological polar surface area (TPSA) is 134 Å². The smallest absolute Gasteiger partial charge is 0.407 e. The molecule has 1 saturated carbocycles. The van der Waals surface area contributed by atoms with Crippen LogP contribution in [0.25, 0.3) is 11.1 Å². The molecule has 9 nitrogen and oxygen atoms in total. The molecule has 9 heteroatoms. The van der Waals surface area contributed by atoms with Crippen LogP contribution in [-0.4, -0.2) is 54.2 Å². The van der Waals surface area contributed by atoms with Crippen molar-refractivity contribution in [3.63, 3.8) is 0 Å². The Kier molecular flexibility index (Phi) is 7.04. The number of carboxylic acids is 1. The number of amides is 3. The maximum atomic E-state index is 12.8. The molecule has 4 N–H and O–H groups in total. The Hall–Kier alpha value is -3.88. The van der Waals surface area contributed by atoms with Gasteiger partial charge in [-0.2, -0.15) is 0 Å². The number of carbonyl (C=O) groups excluding carboxylic acids is 3. The number of carboxylic acid groups (broad SMARTS) is 1. The van der Waals surface area contributed by atoms with E-state index in [2.05, 4.69) is 28.1 Å². The zero-order chi connectivity index (χ0) is 25.0. The van der Waals surface area contributed by atoms with E-state index >= 15 is 0 Å². The molecule has 0 saturated heterocycles. The summed E-state index contributed by atoms with van der Waals surface area (Å²) >= 11 is 0. The highest BCUT2D eigenvalue weighted by Gasteiger charge is 2.44. The van der Waals surface area contributed by atoms with Crippen LogP contribution in [0.3, 0.4) is 0 Å². The average Bonchev–Trinajstić information content (AvgIpc) is 3.64. The molecule has 0 heterocycles. The molecule has 2 aromatic rings. The molecule has 184 valence electrons. The molecular formula is C26H29N3O6. The number of hydrogen-bond acceptors (Lipinski definition) is 5. The highest BCUT2D eigenvalue weighted by molar-refractivity contribution is 5.87. The Labute approximate surface area is 203 Å². The van der Waals surface area contributed by atoms with Gasteiger partial charge < -0.3 is 25.8 Å². The molecule has 2 aromatic carbocycles. The largest absolute Gasteiger partial charge is 0.480 e. The van der Waals surface area contributed by atoms with Crippen molar-refractivity contribution in [1.82, 2.24) is 16.0 Å². The molecule has 0 spiro atoms. The van der Waals surface area contributed by atoms with E-state index in [1.165, 1.54) is 0 Å². The van der Waals surface area contributed by atoms with E-state index < -0.39 is 36.0 Å². The maximum absolute atomic E-state index is 12.8. The molecule has 3 amide bonds. The summed E-state index contributed by atoms with van der Waals surface area (Å²) in [4.78, 5) is 47.4. The summed E-state index contributed by atoms with van der Waals surface area (Å²) in [5.74, 6) is -2.11. The number of benzene rings is 2. The van der Waals surface area contributed by atoms with Gasteiger partial charge in [0.25, 0.3) is 0 Å². The third kappa shape index (κ3) is 5.79. The van der Waals surface area contributed by atoms with Crippen molar-refractivity contribution in [3.05, 3.63) is 59.7 Å². The van der Waals surface area contributed by atoms with Crippen molar-refractivity contribution < 1.29 is 29.0 Å². The minimum atomic E-state index is -1.17. The van der Waals surface area contributed by atoms with Crippen LogP contribution < -0.4 is 16.0 Å². The SMILES string of the molecule is CC(CC(=O)NCC(=O)NCC(=O)O)(NC(=O)OCC1c2ccccc2-c2ccccc21)C1CC1. The van der Waals surface area contributed by atoms with Crippen LogP contribution in [0.2, 0.25) is 0 Å². The lowest BCUT2D eigenvalue weighted by Crippen LogP contribution is -2.51. The van der Waals surface area contributed by atoms with Crippen molar-refractivity contribution in [1.29, 1.82) is 0 Å². The van der Waals surface area contributed by atoms with E-state index in [1.54, 1.807) is 6.92 Å². The summed E-state index contributed by atoms with van der Waals surface area (Å²) in [6, 6.07) is 16.2. The number of hydrogen-bond donors (Lipinski definition) is 4. The zero-order valence-corrected chi connectivity index (χ0v) is 19.5. The van der Waals surface area contributed by atoms with Crippen LogP contribution in [0, 0.1) is 5.92 Å². The van der Waals surface area contributed by atoms with Crippen LogP contribution in [0.4, 0.5) is 4.79 Å². The van der Waals surface area contributed by atoms with Crippen LogP contribution in [-0.2, 0) is 19.1 Å². The first-order chi connectivity index (χ1) is 16.8. The van der Waals surface area contributed by atoms with Gasteiger partial charge in [0.05, 0.1) is 12.1 Å². The first kappa shape index (κ1) is 24.3. The predicted molar refractivity (Wildman–Crippen MR) is 128 cm³/mol. The van der Waals surface area contributed by atoms with Crippen LogP contribution in [0.5, 0.6) is 0 Å². The number of alkyl carbamates (subject to hydrolysis) is 1. The molecule has 1 fully saturated rings. The van der Waals surface area contributed by atoms with Gasteiger partial charge in [-0.1, -0.05) is 48.5 Å². The second-order valence-corrected chi connectivity index (χ2v) is 9.27. The third-order valence-electron chi connectivity index (χ3n) is 6.62. The highest BCUT2D eigenvalue weighted by atomic mass is 16.5. The molecular weight excluding hydrogens is 450 g/mol. The predicted octanol–water partition coefficient (Wildman–Crippen LogP) is 2.40. The monoisotopic (exact) mass is 479 g/mol. The Morgan fingerprint density at radius 2 is 1.49 bits per heavy atom. The van der Waals surface area contributed by atoms with Gasteiger partial charge in [-0.25, -0.2) is 4.79 Å². The van der Waals surface area contributed by atoms with E-state index in [1.807, 2.05) is 36.4 Å². The zero-order valence-electron chi connectivity index (χ0n) is 19.5. The van der Waals surface area contributed by atoms with Crippen molar-refractivity contribution >= 4 is 23.9 Å². The summed E-state index contributed by atoms with van der Waals surface area (Å²) < 4.78 is 5.65. The number of nitrogens with one attached hydrogen (secondary N) is 3. The van der Waals surface area contributed by atoms with E-state index in [0.717, 1.165) is 35.1 Å². The van der Waals surface area contributed by atoms with Crippen molar-refractivity contribution in [2.75, 3.05) is 19.7 Å². The van der Waals surface area contributed by atoms with Crippen LogP contribution >= 0.6 is 0 Å². The van der Waals surface area contributed by atoms with Gasteiger partial charge in [-0.15, -0.1) is 0 Å². The summed E-state index contributed by atoms with van der Waals surface area (Å²) in [5.41, 5.74) is 3.71. The number of ether oxygens (including phenoxy) is 1. The summed E-state index contributed by atoms with van der Waals surface area (Å²) in [6.07, 6.45) is 1.15. The number of fused-ring (bicyclic) bond motifs is 3. The first-order valence-corrected chi connectivity index (χ1v) is 11.6. The maximum Gasteiger partial charge on any atom is 0.407 e. The van der Waals surface area contributed by atoms with Gasteiger partial charge in [0.2, 0.25) is 11.8 Å². The molecule has 4 rings (SSSR count). The van der Waals surface area contributed by atoms with E-state index in [0.29, 0.717) is 0 Å². The fraction of sp³-hybridized carbons (Fsp3) is 0.385. The Bertz CT molecular complexity index is 1100. The fourth-order valence-electron chi connectivity index (χ4n) is 4.69. The van der Waals surface area contributed by atoms with Gasteiger partial charge >= 0.3 is 12.1 Å². The van der Waals surface area contributed by atoms with E-state index in [-0.39, 0.29) is 31.4 Å². The molecule has 2 aliphatic carbocycles. The minimum absolute atomic E-state index is 0.0198. The molecule has 1 atom stereocenters. The lowest BCUT2D eigenvalue weighted by molar-refractivity contribution is -0.137. The third-order valence-corrected chi connectivity index (χ3v) is 6.62. The lowest BCUT2D eigenvalue weighted by Gasteiger charge is -2.30. The minimum Gasteiger partial charge on any atom is -0.480 e. The van der Waals surface area contributed by atoms with E-state index in [4.69, 9.17) is 9.84 Å². The van der Waals surface area contributed by atoms with Crippen molar-refractivity contribution in [2.45, 2.75) is 37.6 Å². The van der Waals surface area contributed by atoms with Gasteiger partial charge in [0.1, 0.15) is 13.2 Å². The quantitative estimate of drug-likeness (QED) is 0.414. The summed E-state index contributed by atoms with van der Waals surface area (Å²) in [5, 5.41) is 16.1. The van der Waals surface area contributed by atoms with Crippen LogP contribution in [0.1, 0.15) is 43.2 Å². The number of carbonyl (C=O) groups is 4. The first-order valence-electron chi connectivity index (χ1n) is 11.6. The molecule has 0 aromatic heterocycles. The van der Waals surface area contributed by atoms with Crippen LogP contribution in [0.15, 0.2) is 48.5 Å². The standard InChI is InChI=1S/C26H29N3O6/c1-26(16-10-11-16,12-22(30)27-13-23(31)28-14-24(32)33)29-25(34)35-15-21-19-8-4-2-6-17(19)18-7-3-5-9-20(18)21/h2-9,16,21H,10-15H2,1H3,(H,27,30)(H,28,31)(H,29,34)(H,32,33). The van der Waals surface area contributed by atoms with Gasteiger partial charge in [-0.3, -0.25) is 14.4 Å². The lowest BCUT2D eigenvalue weighted by atomic mass is 9.91. The fourth-order valence-corrected chi connectivity index (χ4v) is 4.69. The normalized spacial score (nSPS) is 15.8. The highest BCUT2D eigenvalue weighted by Crippen LogP contribution is 2.45. The average molecular weight is 480 g/mol. The Morgan fingerprint density at radius 1 is 0.914 bits per heavy atom.